The molecule has 1 saturated carbocycles. The number of piperidine rings is 1. The van der Waals surface area contributed by atoms with E-state index in [2.05, 4.69) is 10.1 Å². The number of rotatable bonds is 5. The molecular formula is C19H24FN3O3S. The third kappa shape index (κ3) is 3.52. The molecule has 0 radical (unpaired) electrons. The summed E-state index contributed by atoms with van der Waals surface area (Å²) in [5.41, 5.74) is 0.201. The number of sulfonamides is 1. The molecule has 146 valence electrons. The van der Waals surface area contributed by atoms with Crippen LogP contribution in [0.4, 0.5) is 4.39 Å². The summed E-state index contributed by atoms with van der Waals surface area (Å²) in [6.07, 6.45) is 4.69. The van der Waals surface area contributed by atoms with Crippen molar-refractivity contribution in [1.82, 2.24) is 14.4 Å². The van der Waals surface area contributed by atoms with Crippen LogP contribution in [0.2, 0.25) is 0 Å². The lowest BCUT2D eigenvalue weighted by Crippen LogP contribution is -2.46. The van der Waals surface area contributed by atoms with Crippen molar-refractivity contribution < 1.29 is 17.3 Å². The van der Waals surface area contributed by atoms with E-state index in [-0.39, 0.29) is 10.3 Å². The fourth-order valence-electron chi connectivity index (χ4n) is 3.95. The first-order valence-corrected chi connectivity index (χ1v) is 10.8. The topological polar surface area (TPSA) is 76.3 Å². The normalized spacial score (nSPS) is 20.7. The van der Waals surface area contributed by atoms with Crippen molar-refractivity contribution in [3.05, 3.63) is 41.3 Å². The fourth-order valence-corrected chi connectivity index (χ4v) is 5.40. The van der Waals surface area contributed by atoms with Crippen molar-refractivity contribution in [3.8, 4) is 0 Å². The largest absolute Gasteiger partial charge is 0.340 e. The number of hydrogen-bond donors (Lipinski definition) is 0. The smallest absolute Gasteiger partial charge is 0.243 e. The Labute approximate surface area is 158 Å². The van der Waals surface area contributed by atoms with E-state index in [1.165, 1.54) is 29.3 Å². The van der Waals surface area contributed by atoms with E-state index in [9.17, 15) is 12.8 Å². The molecule has 2 fully saturated rings. The van der Waals surface area contributed by atoms with Crippen LogP contribution >= 0.6 is 0 Å². The number of benzene rings is 1. The summed E-state index contributed by atoms with van der Waals surface area (Å²) in [6.45, 7) is 4.13. The molecule has 6 nitrogen and oxygen atoms in total. The van der Waals surface area contributed by atoms with Gasteiger partial charge in [-0.25, -0.2) is 12.8 Å². The van der Waals surface area contributed by atoms with Crippen LogP contribution in [0.15, 0.2) is 27.6 Å². The molecule has 4 rings (SSSR count). The number of nitrogens with zero attached hydrogens (tertiary/aromatic N) is 3. The van der Waals surface area contributed by atoms with E-state index in [4.69, 9.17) is 4.52 Å². The first-order valence-electron chi connectivity index (χ1n) is 9.37. The van der Waals surface area contributed by atoms with Crippen LogP contribution in [-0.4, -0.2) is 36.0 Å². The number of halogens is 1. The summed E-state index contributed by atoms with van der Waals surface area (Å²) in [5.74, 6) is 1.40. The Morgan fingerprint density at radius 3 is 2.52 bits per heavy atom. The fraction of sp³-hybridized carbons (Fsp3) is 0.579. The van der Waals surface area contributed by atoms with Gasteiger partial charge >= 0.3 is 0 Å². The minimum absolute atomic E-state index is 0.00991. The third-order valence-corrected chi connectivity index (χ3v) is 7.73. The second-order valence-electron chi connectivity index (χ2n) is 7.88. The minimum Gasteiger partial charge on any atom is -0.340 e. The molecule has 2 aliphatic rings. The van der Waals surface area contributed by atoms with Gasteiger partial charge in [-0.15, -0.1) is 0 Å². The first kappa shape index (κ1) is 18.6. The highest BCUT2D eigenvalue weighted by Gasteiger charge is 2.45. The van der Waals surface area contributed by atoms with Crippen molar-refractivity contribution in [2.75, 3.05) is 13.1 Å². The molecule has 1 aromatic heterocycles. The molecule has 0 unspecified atom stereocenters. The molecule has 0 N–H and O–H groups in total. The van der Waals surface area contributed by atoms with Crippen LogP contribution in [0.3, 0.4) is 0 Å². The predicted molar refractivity (Wildman–Crippen MR) is 97.2 cm³/mol. The average Bonchev–Trinajstić information content (AvgIpc) is 3.34. The molecule has 2 heterocycles. The molecule has 1 aliphatic carbocycles. The Bertz CT molecular complexity index is 945. The zero-order valence-electron chi connectivity index (χ0n) is 15.6. The molecule has 0 spiro atoms. The van der Waals surface area contributed by atoms with Gasteiger partial charge in [-0.3, -0.25) is 0 Å². The van der Waals surface area contributed by atoms with Crippen LogP contribution in [-0.2, 0) is 15.4 Å². The van der Waals surface area contributed by atoms with Gasteiger partial charge in [0.05, 0.1) is 4.90 Å². The Kier molecular flexibility index (Phi) is 4.58. The first-order chi connectivity index (χ1) is 12.8. The van der Waals surface area contributed by atoms with Crippen LogP contribution in [0, 0.1) is 25.6 Å². The third-order valence-electron chi connectivity index (χ3n) is 5.84. The summed E-state index contributed by atoms with van der Waals surface area (Å²) >= 11 is 0. The lowest BCUT2D eigenvalue weighted by Gasteiger charge is -2.39. The van der Waals surface area contributed by atoms with Gasteiger partial charge in [0.15, 0.2) is 5.82 Å². The summed E-state index contributed by atoms with van der Waals surface area (Å²) in [4.78, 5) is 4.47. The molecule has 8 heteroatoms. The molecular weight excluding hydrogens is 369 g/mol. The van der Waals surface area contributed by atoms with E-state index < -0.39 is 15.8 Å². The van der Waals surface area contributed by atoms with E-state index in [0.717, 1.165) is 12.5 Å². The zero-order valence-corrected chi connectivity index (χ0v) is 16.4. The highest BCUT2D eigenvalue weighted by Crippen LogP contribution is 2.47. The Morgan fingerprint density at radius 2 is 1.96 bits per heavy atom. The van der Waals surface area contributed by atoms with E-state index >= 15 is 0 Å². The van der Waals surface area contributed by atoms with Gasteiger partial charge in [0.25, 0.3) is 0 Å². The minimum atomic E-state index is -3.71. The number of hydrogen-bond acceptors (Lipinski definition) is 5. The average molecular weight is 393 g/mol. The highest BCUT2D eigenvalue weighted by atomic mass is 32.2. The lowest BCUT2D eigenvalue weighted by molar-refractivity contribution is 0.198. The van der Waals surface area contributed by atoms with Gasteiger partial charge in [-0.2, -0.15) is 9.29 Å². The maximum Gasteiger partial charge on any atom is 0.243 e. The summed E-state index contributed by atoms with van der Waals surface area (Å²) in [7, 11) is -3.71. The molecule has 2 aromatic rings. The highest BCUT2D eigenvalue weighted by molar-refractivity contribution is 7.89. The number of aromatic nitrogens is 2. The molecule has 1 saturated heterocycles. The van der Waals surface area contributed by atoms with Crippen molar-refractivity contribution >= 4 is 10.0 Å². The summed E-state index contributed by atoms with van der Waals surface area (Å²) in [6, 6.07) is 4.09. The van der Waals surface area contributed by atoms with Gasteiger partial charge in [0.1, 0.15) is 5.82 Å². The van der Waals surface area contributed by atoms with Crippen LogP contribution in [0.25, 0.3) is 0 Å². The predicted octanol–water partition coefficient (Wildman–Crippen LogP) is 3.35. The maximum atomic E-state index is 13.9. The van der Waals surface area contributed by atoms with Gasteiger partial charge in [-0.05, 0) is 49.8 Å². The van der Waals surface area contributed by atoms with E-state index in [1.54, 1.807) is 13.8 Å². The SMILES string of the molecule is Cc1nc(C2(CC3CC3)CCN(S(=O)(=O)c3ccc(C)c(F)c3)CC2)no1. The molecule has 0 bridgehead atoms. The van der Waals surface area contributed by atoms with Crippen molar-refractivity contribution in [1.29, 1.82) is 0 Å². The molecule has 0 atom stereocenters. The van der Waals surface area contributed by atoms with Gasteiger partial charge < -0.3 is 4.52 Å². The molecule has 27 heavy (non-hydrogen) atoms. The summed E-state index contributed by atoms with van der Waals surface area (Å²) in [5, 5.41) is 4.16. The monoisotopic (exact) mass is 393 g/mol. The zero-order chi connectivity index (χ0) is 19.2. The Balaban J connectivity index is 1.56. The molecule has 1 aliphatic heterocycles. The quantitative estimate of drug-likeness (QED) is 0.779. The molecule has 1 aromatic carbocycles. The standard InChI is InChI=1S/C19H24FN3O3S/c1-13-3-6-16(11-17(13)20)27(24,25)23-9-7-19(8-10-23,12-15-4-5-15)18-21-14(2)26-22-18/h3,6,11,15H,4-5,7-10,12H2,1-2H3. The second-order valence-corrected chi connectivity index (χ2v) is 9.82. The summed E-state index contributed by atoms with van der Waals surface area (Å²) < 4.78 is 46.4. The Morgan fingerprint density at radius 1 is 1.26 bits per heavy atom. The second kappa shape index (κ2) is 6.67. The van der Waals surface area contributed by atoms with E-state index in [0.29, 0.717) is 49.1 Å². The van der Waals surface area contributed by atoms with Crippen LogP contribution < -0.4 is 0 Å². The Hall–Kier alpha value is -1.80. The van der Waals surface area contributed by atoms with Gasteiger partial charge in [-0.1, -0.05) is 24.1 Å². The maximum absolute atomic E-state index is 13.9. The lowest BCUT2D eigenvalue weighted by atomic mass is 9.74. The van der Waals surface area contributed by atoms with Crippen molar-refractivity contribution in [2.24, 2.45) is 5.92 Å². The number of aryl methyl sites for hydroxylation is 2. The van der Waals surface area contributed by atoms with Crippen molar-refractivity contribution in [3.63, 3.8) is 0 Å². The van der Waals surface area contributed by atoms with Gasteiger partial charge in [0.2, 0.25) is 15.9 Å². The molecule has 0 amide bonds. The van der Waals surface area contributed by atoms with Gasteiger partial charge in [0, 0.05) is 25.4 Å². The van der Waals surface area contributed by atoms with E-state index in [1.807, 2.05) is 0 Å². The van der Waals surface area contributed by atoms with Crippen LogP contribution in [0.1, 0.15) is 49.4 Å². The van der Waals surface area contributed by atoms with Crippen LogP contribution in [0.5, 0.6) is 0 Å². The van der Waals surface area contributed by atoms with Crippen molar-refractivity contribution in [2.45, 2.75) is 56.3 Å².